The van der Waals surface area contributed by atoms with Crippen LogP contribution in [-0.4, -0.2) is 8.94 Å². The van der Waals surface area contributed by atoms with E-state index in [1.165, 1.54) is 11.5 Å². The van der Waals surface area contributed by atoms with Crippen LogP contribution in [0.15, 0.2) is 35.1 Å². The predicted octanol–water partition coefficient (Wildman–Crippen LogP) is 1.66. The molecule has 0 saturated heterocycles. The Balaban J connectivity index is 2.28. The fraction of sp³-hybridized carbons (Fsp3) is 0.200. The van der Waals surface area contributed by atoms with Gasteiger partial charge in [0.05, 0.1) is 6.54 Å². The molecule has 0 aliphatic rings. The van der Waals surface area contributed by atoms with Gasteiger partial charge in [0.1, 0.15) is 5.01 Å². The second-order valence-electron chi connectivity index (χ2n) is 3.03. The maximum absolute atomic E-state index is 11.3. The Morgan fingerprint density at radius 1 is 1.36 bits per heavy atom. The Morgan fingerprint density at radius 3 is 2.64 bits per heavy atom. The Morgan fingerprint density at radius 2 is 2.07 bits per heavy atom. The molecule has 0 saturated carbocycles. The molecular weight excluding hydrogens is 196 g/mol. The quantitative estimate of drug-likeness (QED) is 0.749. The molecule has 0 radical (unpaired) electrons. The third kappa shape index (κ3) is 1.90. The second kappa shape index (κ2) is 3.75. The third-order valence-electron chi connectivity index (χ3n) is 1.88. The first-order valence-electron chi connectivity index (χ1n) is 4.34. The second-order valence-corrected chi connectivity index (χ2v) is 4.24. The molecular formula is C10H10N2OS. The van der Waals surface area contributed by atoms with Crippen molar-refractivity contribution in [1.29, 1.82) is 0 Å². The molecule has 0 atom stereocenters. The molecule has 2 aromatic rings. The van der Waals surface area contributed by atoms with Crippen molar-refractivity contribution in [3.63, 3.8) is 0 Å². The van der Waals surface area contributed by atoms with Gasteiger partial charge in [-0.2, -0.15) is 4.98 Å². The number of hydrogen-bond acceptors (Lipinski definition) is 3. The van der Waals surface area contributed by atoms with E-state index in [0.29, 0.717) is 6.54 Å². The first-order chi connectivity index (χ1) is 6.75. The fourth-order valence-electron chi connectivity index (χ4n) is 1.26. The summed E-state index contributed by atoms with van der Waals surface area (Å²) >= 11 is 1.40. The van der Waals surface area contributed by atoms with Gasteiger partial charge >= 0.3 is 5.69 Å². The van der Waals surface area contributed by atoms with E-state index >= 15 is 0 Å². The summed E-state index contributed by atoms with van der Waals surface area (Å²) in [5.41, 5.74) is 0.967. The fourth-order valence-corrected chi connectivity index (χ4v) is 2.03. The van der Waals surface area contributed by atoms with E-state index in [9.17, 15) is 4.79 Å². The minimum atomic E-state index is -0.156. The van der Waals surface area contributed by atoms with Crippen LogP contribution in [0.5, 0.6) is 0 Å². The minimum absolute atomic E-state index is 0.156. The van der Waals surface area contributed by atoms with Gasteiger partial charge in [-0.05, 0) is 24.0 Å². The van der Waals surface area contributed by atoms with Crippen molar-refractivity contribution in [2.45, 2.75) is 13.5 Å². The van der Waals surface area contributed by atoms with E-state index in [2.05, 4.69) is 4.98 Å². The first kappa shape index (κ1) is 9.15. The Bertz CT molecular complexity index is 472. The lowest BCUT2D eigenvalue weighted by Gasteiger charge is -1.98. The van der Waals surface area contributed by atoms with Crippen molar-refractivity contribution < 1.29 is 0 Å². The summed E-state index contributed by atoms with van der Waals surface area (Å²) in [6.45, 7) is 2.46. The van der Waals surface area contributed by atoms with E-state index in [1.54, 1.807) is 3.96 Å². The highest BCUT2D eigenvalue weighted by atomic mass is 32.1. The van der Waals surface area contributed by atoms with Gasteiger partial charge in [0, 0.05) is 0 Å². The molecule has 1 aromatic heterocycles. The van der Waals surface area contributed by atoms with Crippen molar-refractivity contribution >= 4 is 11.5 Å². The van der Waals surface area contributed by atoms with Crippen LogP contribution in [0, 0.1) is 6.92 Å². The largest absolute Gasteiger partial charge is 0.358 e. The Labute approximate surface area is 85.8 Å². The summed E-state index contributed by atoms with van der Waals surface area (Å²) in [6.07, 6.45) is 0. The standard InChI is InChI=1S/C10H10N2OS/c1-8-11-10(13)12(14-8)7-9-5-3-2-4-6-9/h2-6H,7H2,1H3. The molecule has 0 aliphatic heterocycles. The molecule has 72 valence electrons. The highest BCUT2D eigenvalue weighted by Gasteiger charge is 2.02. The van der Waals surface area contributed by atoms with Crippen LogP contribution in [0.4, 0.5) is 0 Å². The van der Waals surface area contributed by atoms with Gasteiger partial charge in [-0.25, -0.2) is 8.75 Å². The Kier molecular flexibility index (Phi) is 2.45. The zero-order valence-corrected chi connectivity index (χ0v) is 8.62. The van der Waals surface area contributed by atoms with Crippen LogP contribution in [0.3, 0.4) is 0 Å². The maximum atomic E-state index is 11.3. The molecule has 0 unspecified atom stereocenters. The van der Waals surface area contributed by atoms with Crippen molar-refractivity contribution in [3.8, 4) is 0 Å². The van der Waals surface area contributed by atoms with E-state index < -0.39 is 0 Å². The average molecular weight is 206 g/mol. The summed E-state index contributed by atoms with van der Waals surface area (Å²) in [7, 11) is 0. The summed E-state index contributed by atoms with van der Waals surface area (Å²) in [5.74, 6) is 0. The molecule has 0 N–H and O–H groups in total. The highest BCUT2D eigenvalue weighted by Crippen LogP contribution is 2.04. The van der Waals surface area contributed by atoms with Crippen LogP contribution in [0.1, 0.15) is 10.6 Å². The van der Waals surface area contributed by atoms with Crippen LogP contribution in [-0.2, 0) is 6.54 Å². The van der Waals surface area contributed by atoms with E-state index in [0.717, 1.165) is 10.6 Å². The van der Waals surface area contributed by atoms with E-state index in [-0.39, 0.29) is 5.69 Å². The molecule has 0 bridgehead atoms. The lowest BCUT2D eigenvalue weighted by atomic mass is 10.2. The molecule has 0 aliphatic carbocycles. The number of hydrogen-bond donors (Lipinski definition) is 0. The lowest BCUT2D eigenvalue weighted by Crippen LogP contribution is -2.15. The van der Waals surface area contributed by atoms with Gasteiger partial charge in [0.2, 0.25) is 0 Å². The van der Waals surface area contributed by atoms with Crippen LogP contribution in [0.25, 0.3) is 0 Å². The maximum Gasteiger partial charge on any atom is 0.358 e. The summed E-state index contributed by atoms with van der Waals surface area (Å²) < 4.78 is 1.66. The highest BCUT2D eigenvalue weighted by molar-refractivity contribution is 7.05. The number of benzene rings is 1. The predicted molar refractivity (Wildman–Crippen MR) is 56.7 cm³/mol. The van der Waals surface area contributed by atoms with Gasteiger partial charge in [0.15, 0.2) is 0 Å². The Hall–Kier alpha value is -1.42. The molecule has 0 spiro atoms. The average Bonchev–Trinajstić information content (AvgIpc) is 2.47. The molecule has 2 rings (SSSR count). The van der Waals surface area contributed by atoms with Crippen molar-refractivity contribution in [2.24, 2.45) is 0 Å². The van der Waals surface area contributed by atoms with Crippen LogP contribution in [0.2, 0.25) is 0 Å². The van der Waals surface area contributed by atoms with E-state index in [4.69, 9.17) is 0 Å². The first-order valence-corrected chi connectivity index (χ1v) is 5.12. The smallest absolute Gasteiger partial charge is 0.245 e. The van der Waals surface area contributed by atoms with Gasteiger partial charge in [0.25, 0.3) is 0 Å². The molecule has 1 heterocycles. The van der Waals surface area contributed by atoms with Crippen LogP contribution < -0.4 is 5.69 Å². The zero-order valence-electron chi connectivity index (χ0n) is 7.80. The summed E-state index contributed by atoms with van der Waals surface area (Å²) in [4.78, 5) is 15.1. The van der Waals surface area contributed by atoms with Gasteiger partial charge in [-0.15, -0.1) is 0 Å². The monoisotopic (exact) mass is 206 g/mol. The number of nitrogens with zero attached hydrogens (tertiary/aromatic N) is 2. The molecule has 1 aromatic carbocycles. The molecule has 0 amide bonds. The summed E-state index contributed by atoms with van der Waals surface area (Å²) in [6, 6.07) is 9.90. The summed E-state index contributed by atoms with van der Waals surface area (Å²) in [5, 5.41) is 0.811. The molecule has 3 nitrogen and oxygen atoms in total. The lowest BCUT2D eigenvalue weighted by molar-refractivity contribution is 0.822. The topological polar surface area (TPSA) is 34.9 Å². The SMILES string of the molecule is Cc1nc(=O)n(Cc2ccccc2)s1. The minimum Gasteiger partial charge on any atom is -0.245 e. The normalized spacial score (nSPS) is 10.4. The van der Waals surface area contributed by atoms with Gasteiger partial charge < -0.3 is 0 Å². The van der Waals surface area contributed by atoms with Crippen molar-refractivity contribution in [3.05, 3.63) is 51.4 Å². The molecule has 4 heteroatoms. The number of aryl methyl sites for hydroxylation is 1. The van der Waals surface area contributed by atoms with Crippen molar-refractivity contribution in [1.82, 2.24) is 8.94 Å². The van der Waals surface area contributed by atoms with Crippen molar-refractivity contribution in [2.75, 3.05) is 0 Å². The molecule has 14 heavy (non-hydrogen) atoms. The van der Waals surface area contributed by atoms with Crippen LogP contribution >= 0.6 is 11.5 Å². The van der Waals surface area contributed by atoms with E-state index in [1.807, 2.05) is 37.3 Å². The third-order valence-corrected chi connectivity index (χ3v) is 2.74. The van der Waals surface area contributed by atoms with Gasteiger partial charge in [-0.1, -0.05) is 30.3 Å². The molecule has 0 fully saturated rings. The number of aromatic nitrogens is 2. The van der Waals surface area contributed by atoms with Gasteiger partial charge in [-0.3, -0.25) is 0 Å². The number of rotatable bonds is 2. The zero-order chi connectivity index (χ0) is 9.97.